The van der Waals surface area contributed by atoms with Crippen LogP contribution in [0.5, 0.6) is 0 Å². The van der Waals surface area contributed by atoms with Gasteiger partial charge in [-0.1, -0.05) is 0 Å². The summed E-state index contributed by atoms with van der Waals surface area (Å²) >= 11 is 0. The first-order valence-corrected chi connectivity index (χ1v) is 1.73. The van der Waals surface area contributed by atoms with Crippen LogP contribution in [-0.2, 0) is 0 Å². The Morgan fingerprint density at radius 2 is 1.75 bits per heavy atom. The number of allylic oxidation sites excluding steroid dienone is 1. The van der Waals surface area contributed by atoms with Gasteiger partial charge in [0.2, 0.25) is 0 Å². The van der Waals surface area contributed by atoms with Crippen LogP contribution in [0.4, 0.5) is 13.2 Å². The Hall–Kier alpha value is -0.870. The van der Waals surface area contributed by atoms with E-state index in [4.69, 9.17) is 0 Å². The van der Waals surface area contributed by atoms with E-state index in [1.165, 1.54) is 0 Å². The lowest BCUT2D eigenvalue weighted by Gasteiger charge is -2.02. The summed E-state index contributed by atoms with van der Waals surface area (Å²) in [5.74, 6) is 0. The van der Waals surface area contributed by atoms with Gasteiger partial charge in [0, 0.05) is 6.20 Å². The minimum atomic E-state index is -4.48. The van der Waals surface area contributed by atoms with Gasteiger partial charge in [-0.3, -0.25) is 0 Å². The number of hydrogen-bond acceptors (Lipinski definition) is 2. The average Bonchev–Trinajstić information content (AvgIpc) is 1.62. The number of alkyl halides is 3. The summed E-state index contributed by atoms with van der Waals surface area (Å²) < 4.78 is 33.5. The highest BCUT2D eigenvalue weighted by molar-refractivity contribution is 5.00. The lowest BCUT2D eigenvalue weighted by atomic mass is 10.5. The van der Waals surface area contributed by atoms with E-state index in [0.717, 1.165) is 0 Å². The van der Waals surface area contributed by atoms with Crippen molar-refractivity contribution < 1.29 is 13.2 Å². The number of halogens is 3. The molecule has 0 aromatic heterocycles. The number of nitrogens with two attached hydrogens (primary N) is 2. The molecule has 0 unspecified atom stereocenters. The molecule has 0 bridgehead atoms. The third-order valence-electron chi connectivity index (χ3n) is 0.507. The Labute approximate surface area is 44.0 Å². The van der Waals surface area contributed by atoms with E-state index in [0.29, 0.717) is 6.20 Å². The van der Waals surface area contributed by atoms with Crippen molar-refractivity contribution in [1.82, 2.24) is 0 Å². The van der Waals surface area contributed by atoms with Crippen molar-refractivity contribution in [2.75, 3.05) is 0 Å². The Kier molecular flexibility index (Phi) is 1.72. The highest BCUT2D eigenvalue weighted by Crippen LogP contribution is 2.19. The second kappa shape index (κ2) is 1.94. The minimum absolute atomic E-state index is 0.319. The van der Waals surface area contributed by atoms with E-state index in [2.05, 4.69) is 11.5 Å². The highest BCUT2D eigenvalue weighted by Gasteiger charge is 2.30. The fourth-order valence-electron chi connectivity index (χ4n) is 0.0945. The Balaban J connectivity index is 4.03. The summed E-state index contributed by atoms with van der Waals surface area (Å²) in [6, 6.07) is 0. The van der Waals surface area contributed by atoms with Gasteiger partial charge >= 0.3 is 6.18 Å². The second-order valence-electron chi connectivity index (χ2n) is 1.12. The molecule has 0 radical (unpaired) electrons. The van der Waals surface area contributed by atoms with Gasteiger partial charge in [0.05, 0.1) is 0 Å². The van der Waals surface area contributed by atoms with Crippen LogP contribution in [0.2, 0.25) is 0 Å². The fraction of sp³-hybridized carbons (Fsp3) is 0.333. The third kappa shape index (κ3) is 1.72. The molecule has 0 aliphatic carbocycles. The predicted molar refractivity (Wildman–Crippen MR) is 22.5 cm³/mol. The summed E-state index contributed by atoms with van der Waals surface area (Å²) in [4.78, 5) is 0. The molecule has 0 aromatic rings. The van der Waals surface area contributed by atoms with Crippen LogP contribution in [0.15, 0.2) is 11.9 Å². The Bertz CT molecular complexity index is 104. The summed E-state index contributed by atoms with van der Waals surface area (Å²) in [5.41, 5.74) is 7.55. The molecule has 0 aliphatic rings. The molecule has 5 heteroatoms. The van der Waals surface area contributed by atoms with E-state index >= 15 is 0 Å². The monoisotopic (exact) mass is 126 g/mol. The van der Waals surface area contributed by atoms with Crippen LogP contribution < -0.4 is 11.5 Å². The average molecular weight is 126 g/mol. The molecule has 0 aliphatic heterocycles. The summed E-state index contributed by atoms with van der Waals surface area (Å²) in [6.45, 7) is 0. The molecular weight excluding hydrogens is 121 g/mol. The molecule has 2 nitrogen and oxygen atoms in total. The molecule has 4 N–H and O–H groups in total. The molecule has 8 heavy (non-hydrogen) atoms. The van der Waals surface area contributed by atoms with Crippen molar-refractivity contribution in [3.63, 3.8) is 0 Å². The maximum absolute atomic E-state index is 11.2. The highest BCUT2D eigenvalue weighted by atomic mass is 19.4. The molecule has 48 valence electrons. The normalized spacial score (nSPS) is 14.1. The largest absolute Gasteiger partial charge is 0.432 e. The van der Waals surface area contributed by atoms with Crippen molar-refractivity contribution in [2.24, 2.45) is 11.5 Å². The molecule has 0 saturated carbocycles. The first kappa shape index (κ1) is 7.13. The van der Waals surface area contributed by atoms with E-state index < -0.39 is 11.9 Å². The molecule has 0 spiro atoms. The van der Waals surface area contributed by atoms with Gasteiger partial charge in [0.15, 0.2) is 0 Å². The molecule has 0 heterocycles. The van der Waals surface area contributed by atoms with Crippen LogP contribution in [0.3, 0.4) is 0 Å². The van der Waals surface area contributed by atoms with E-state index in [1.807, 2.05) is 0 Å². The molecule has 0 atom stereocenters. The summed E-state index contributed by atoms with van der Waals surface area (Å²) in [5, 5.41) is 0. The SMILES string of the molecule is N/C=C(/N)C(F)(F)F. The van der Waals surface area contributed by atoms with Crippen LogP contribution in [-0.4, -0.2) is 6.18 Å². The van der Waals surface area contributed by atoms with Gasteiger partial charge in [-0.25, -0.2) is 0 Å². The summed E-state index contributed by atoms with van der Waals surface area (Å²) in [6.07, 6.45) is -4.16. The minimum Gasteiger partial charge on any atom is -0.403 e. The molecular formula is C3H5F3N2. The van der Waals surface area contributed by atoms with Crippen LogP contribution in [0.1, 0.15) is 0 Å². The molecule has 0 amide bonds. The van der Waals surface area contributed by atoms with Crippen molar-refractivity contribution >= 4 is 0 Å². The molecule has 0 rings (SSSR count). The van der Waals surface area contributed by atoms with Crippen LogP contribution >= 0.6 is 0 Å². The van der Waals surface area contributed by atoms with Crippen molar-refractivity contribution in [1.29, 1.82) is 0 Å². The van der Waals surface area contributed by atoms with Crippen molar-refractivity contribution in [3.05, 3.63) is 11.9 Å². The number of rotatable bonds is 0. The van der Waals surface area contributed by atoms with E-state index in [9.17, 15) is 13.2 Å². The van der Waals surface area contributed by atoms with Crippen molar-refractivity contribution in [2.45, 2.75) is 6.18 Å². The van der Waals surface area contributed by atoms with E-state index in [-0.39, 0.29) is 0 Å². The smallest absolute Gasteiger partial charge is 0.403 e. The lowest BCUT2D eigenvalue weighted by molar-refractivity contribution is -0.0928. The van der Waals surface area contributed by atoms with Gasteiger partial charge in [-0.15, -0.1) is 0 Å². The van der Waals surface area contributed by atoms with Gasteiger partial charge in [0.25, 0.3) is 0 Å². The predicted octanol–water partition coefficient (Wildman–Crippen LogP) is 0.308. The Morgan fingerprint density at radius 1 is 1.38 bits per heavy atom. The Morgan fingerprint density at radius 3 is 1.75 bits per heavy atom. The van der Waals surface area contributed by atoms with Crippen molar-refractivity contribution in [3.8, 4) is 0 Å². The standard InChI is InChI=1S/C3H5F3N2/c4-3(5,6)2(8)1-7/h1H,7-8H2/b2-1+. The van der Waals surface area contributed by atoms with Crippen LogP contribution in [0.25, 0.3) is 0 Å². The van der Waals surface area contributed by atoms with Gasteiger partial charge in [-0.2, -0.15) is 13.2 Å². The topological polar surface area (TPSA) is 52.0 Å². The zero-order valence-corrected chi connectivity index (χ0v) is 3.87. The van der Waals surface area contributed by atoms with E-state index in [1.54, 1.807) is 0 Å². The summed E-state index contributed by atoms with van der Waals surface area (Å²) in [7, 11) is 0. The molecule has 0 aromatic carbocycles. The molecule has 0 fully saturated rings. The van der Waals surface area contributed by atoms with Gasteiger partial charge < -0.3 is 11.5 Å². The lowest BCUT2D eigenvalue weighted by Crippen LogP contribution is -2.20. The number of hydrogen-bond donors (Lipinski definition) is 2. The second-order valence-corrected chi connectivity index (χ2v) is 1.12. The maximum Gasteiger partial charge on any atom is 0.432 e. The fourth-order valence-corrected chi connectivity index (χ4v) is 0.0945. The van der Waals surface area contributed by atoms with Gasteiger partial charge in [0.1, 0.15) is 5.70 Å². The zero-order valence-electron chi connectivity index (χ0n) is 3.87. The third-order valence-corrected chi connectivity index (χ3v) is 0.507. The van der Waals surface area contributed by atoms with Crippen LogP contribution in [0, 0.1) is 0 Å². The van der Waals surface area contributed by atoms with Gasteiger partial charge in [-0.05, 0) is 0 Å². The molecule has 0 saturated heterocycles. The zero-order chi connectivity index (χ0) is 6.78. The first-order chi connectivity index (χ1) is 3.48. The first-order valence-electron chi connectivity index (χ1n) is 1.73. The quantitative estimate of drug-likeness (QED) is 0.490. The maximum atomic E-state index is 11.2.